The molecule has 3 aromatic carbocycles. The molecule has 2 aliphatic rings. The first-order valence-electron chi connectivity index (χ1n) is 12.0. The number of rotatable bonds is 5. The van der Waals surface area contributed by atoms with Gasteiger partial charge in [-0.2, -0.15) is 0 Å². The highest BCUT2D eigenvalue weighted by Crippen LogP contribution is 2.43. The lowest BCUT2D eigenvalue weighted by atomic mass is 9.94. The third-order valence-corrected chi connectivity index (χ3v) is 6.46. The van der Waals surface area contributed by atoms with Crippen LogP contribution in [-0.2, 0) is 20.7 Å². The van der Waals surface area contributed by atoms with Gasteiger partial charge in [0, 0.05) is 17.7 Å². The van der Waals surface area contributed by atoms with Gasteiger partial charge in [0.15, 0.2) is 0 Å². The zero-order valence-electron chi connectivity index (χ0n) is 20.3. The molecule has 2 atom stereocenters. The Morgan fingerprint density at radius 3 is 2.49 bits per heavy atom. The maximum Gasteiger partial charge on any atom is 0.338 e. The Balaban J connectivity index is 1.63. The molecule has 2 N–H and O–H groups in total. The smallest absolute Gasteiger partial charge is 0.338 e. The van der Waals surface area contributed by atoms with E-state index in [1.165, 1.54) is 29.2 Å². The molecule has 2 aliphatic heterocycles. The summed E-state index contributed by atoms with van der Waals surface area (Å²) in [6, 6.07) is 16.4. The Morgan fingerprint density at radius 1 is 1.05 bits per heavy atom. The van der Waals surface area contributed by atoms with E-state index in [0.717, 1.165) is 11.3 Å². The molecular formula is C29H25NO7. The van der Waals surface area contributed by atoms with E-state index in [4.69, 9.17) is 9.47 Å². The normalized spacial score (nSPS) is 20.0. The zero-order valence-corrected chi connectivity index (χ0v) is 20.3. The van der Waals surface area contributed by atoms with Crippen LogP contribution in [0.4, 0.5) is 5.69 Å². The second kappa shape index (κ2) is 9.46. The van der Waals surface area contributed by atoms with Gasteiger partial charge in [-0.05, 0) is 79.6 Å². The molecule has 2 unspecified atom stereocenters. The molecule has 0 spiro atoms. The van der Waals surface area contributed by atoms with Crippen molar-refractivity contribution >= 4 is 29.1 Å². The molecule has 5 rings (SSSR count). The van der Waals surface area contributed by atoms with Crippen LogP contribution in [0.5, 0.6) is 11.5 Å². The van der Waals surface area contributed by atoms with Gasteiger partial charge >= 0.3 is 5.97 Å². The van der Waals surface area contributed by atoms with Crippen molar-refractivity contribution in [2.75, 3.05) is 11.5 Å². The van der Waals surface area contributed by atoms with Gasteiger partial charge in [0.2, 0.25) is 0 Å². The molecule has 0 radical (unpaired) electrons. The van der Waals surface area contributed by atoms with Crippen LogP contribution in [0.3, 0.4) is 0 Å². The molecule has 3 aromatic rings. The number of aliphatic hydroxyl groups is 1. The van der Waals surface area contributed by atoms with Crippen molar-refractivity contribution < 1.29 is 34.1 Å². The van der Waals surface area contributed by atoms with Gasteiger partial charge in [-0.15, -0.1) is 0 Å². The Hall–Kier alpha value is -4.59. The van der Waals surface area contributed by atoms with Crippen molar-refractivity contribution in [3.63, 3.8) is 0 Å². The van der Waals surface area contributed by atoms with E-state index in [2.05, 4.69) is 0 Å². The van der Waals surface area contributed by atoms with Crippen LogP contribution in [0.15, 0.2) is 72.3 Å². The lowest BCUT2D eigenvalue weighted by molar-refractivity contribution is -0.132. The van der Waals surface area contributed by atoms with E-state index in [1.807, 2.05) is 6.92 Å². The number of ether oxygens (including phenoxy) is 2. The summed E-state index contributed by atoms with van der Waals surface area (Å²) >= 11 is 0. The summed E-state index contributed by atoms with van der Waals surface area (Å²) in [4.78, 5) is 40.0. The van der Waals surface area contributed by atoms with Crippen molar-refractivity contribution in [2.24, 2.45) is 0 Å². The molecule has 188 valence electrons. The van der Waals surface area contributed by atoms with E-state index in [1.54, 1.807) is 49.4 Å². The number of aliphatic hydroxyl groups excluding tert-OH is 1. The predicted octanol–water partition coefficient (Wildman–Crippen LogP) is 4.52. The summed E-state index contributed by atoms with van der Waals surface area (Å²) < 4.78 is 10.8. The molecule has 0 saturated carbocycles. The summed E-state index contributed by atoms with van der Waals surface area (Å²) in [5, 5.41) is 21.5. The first-order chi connectivity index (χ1) is 17.8. The predicted molar refractivity (Wildman–Crippen MR) is 136 cm³/mol. The van der Waals surface area contributed by atoms with Crippen LogP contribution in [0.2, 0.25) is 0 Å². The molecule has 0 bridgehead atoms. The zero-order chi connectivity index (χ0) is 26.3. The molecule has 1 saturated heterocycles. The van der Waals surface area contributed by atoms with E-state index in [-0.39, 0.29) is 29.8 Å². The van der Waals surface area contributed by atoms with Crippen molar-refractivity contribution in [1.82, 2.24) is 0 Å². The topological polar surface area (TPSA) is 113 Å². The minimum Gasteiger partial charge on any atom is -0.508 e. The fourth-order valence-electron chi connectivity index (χ4n) is 4.81. The van der Waals surface area contributed by atoms with Gasteiger partial charge in [-0.1, -0.05) is 12.1 Å². The van der Waals surface area contributed by atoms with E-state index in [0.29, 0.717) is 28.8 Å². The number of Topliss-reactive ketones (excluding diaryl/α,β-unsaturated/α-hetero) is 1. The Bertz CT molecular complexity index is 1440. The summed E-state index contributed by atoms with van der Waals surface area (Å²) in [6.45, 7) is 3.87. The van der Waals surface area contributed by atoms with Crippen LogP contribution in [0, 0.1) is 0 Å². The number of aromatic hydroxyl groups is 1. The third kappa shape index (κ3) is 4.31. The fraction of sp³-hybridized carbons (Fsp3) is 0.207. The number of carbonyl (C=O) groups excluding carboxylic acids is 3. The summed E-state index contributed by atoms with van der Waals surface area (Å²) in [5.74, 6) is -1.85. The summed E-state index contributed by atoms with van der Waals surface area (Å²) in [7, 11) is 0. The standard InChI is InChI=1S/C29H25NO7/c1-3-36-29(35)17-7-10-21(11-8-17)30-25(18-5-4-6-22(31)15-18)24(27(33)28(30)34)26(32)19-9-12-23-20(14-19)13-16(2)37-23/h4-12,14-16,25,31-32H,3,13H2,1-2H3/b26-24-. The Labute approximate surface area is 213 Å². The molecule has 8 nitrogen and oxygen atoms in total. The van der Waals surface area contributed by atoms with Gasteiger partial charge in [0.1, 0.15) is 23.4 Å². The number of phenolic OH excluding ortho intramolecular Hbond substituents is 1. The van der Waals surface area contributed by atoms with Gasteiger partial charge in [0.25, 0.3) is 11.7 Å². The molecule has 8 heteroatoms. The van der Waals surface area contributed by atoms with Gasteiger partial charge in [-0.25, -0.2) is 4.79 Å². The molecule has 1 amide bonds. The summed E-state index contributed by atoms with van der Waals surface area (Å²) in [5.41, 5.74) is 2.27. The highest BCUT2D eigenvalue weighted by molar-refractivity contribution is 6.51. The monoisotopic (exact) mass is 499 g/mol. The maximum absolute atomic E-state index is 13.3. The lowest BCUT2D eigenvalue weighted by Crippen LogP contribution is -2.29. The fourth-order valence-corrected chi connectivity index (χ4v) is 4.81. The molecule has 0 aromatic heterocycles. The average Bonchev–Trinajstić information content (AvgIpc) is 3.39. The number of fused-ring (bicyclic) bond motifs is 1. The van der Waals surface area contributed by atoms with Crippen LogP contribution >= 0.6 is 0 Å². The average molecular weight is 500 g/mol. The van der Waals surface area contributed by atoms with E-state index in [9.17, 15) is 24.6 Å². The minimum absolute atomic E-state index is 0.00264. The first-order valence-corrected chi connectivity index (χ1v) is 12.0. The van der Waals surface area contributed by atoms with Crippen molar-refractivity contribution in [1.29, 1.82) is 0 Å². The van der Waals surface area contributed by atoms with E-state index < -0.39 is 23.7 Å². The number of esters is 1. The Morgan fingerprint density at radius 2 is 1.78 bits per heavy atom. The van der Waals surface area contributed by atoms with Crippen molar-refractivity contribution in [2.45, 2.75) is 32.4 Å². The molecule has 1 fully saturated rings. The second-order valence-corrected chi connectivity index (χ2v) is 8.99. The highest BCUT2D eigenvalue weighted by atomic mass is 16.5. The van der Waals surface area contributed by atoms with Crippen LogP contribution in [0.25, 0.3) is 5.76 Å². The van der Waals surface area contributed by atoms with Gasteiger partial charge in [-0.3, -0.25) is 14.5 Å². The van der Waals surface area contributed by atoms with E-state index >= 15 is 0 Å². The third-order valence-electron chi connectivity index (χ3n) is 6.46. The number of amides is 1. The van der Waals surface area contributed by atoms with Crippen LogP contribution in [-0.4, -0.2) is 40.6 Å². The molecule has 0 aliphatic carbocycles. The van der Waals surface area contributed by atoms with Crippen LogP contribution in [0.1, 0.15) is 46.9 Å². The molecule has 2 heterocycles. The Kier molecular flexibility index (Phi) is 6.17. The van der Waals surface area contributed by atoms with Crippen LogP contribution < -0.4 is 9.64 Å². The SMILES string of the molecule is CCOC(=O)c1ccc(N2C(=O)C(=O)/C(=C(\O)c3ccc4c(c3)CC(C)O4)C2c2cccc(O)c2)cc1. The number of carbonyl (C=O) groups is 3. The number of benzene rings is 3. The highest BCUT2D eigenvalue weighted by Gasteiger charge is 2.47. The number of ketones is 1. The second-order valence-electron chi connectivity index (χ2n) is 8.99. The van der Waals surface area contributed by atoms with Gasteiger partial charge < -0.3 is 19.7 Å². The molecular weight excluding hydrogens is 474 g/mol. The summed E-state index contributed by atoms with van der Waals surface area (Å²) in [6.07, 6.45) is 0.663. The molecule has 37 heavy (non-hydrogen) atoms. The minimum atomic E-state index is -1.01. The van der Waals surface area contributed by atoms with Crippen molar-refractivity contribution in [3.8, 4) is 11.5 Å². The first kappa shape index (κ1) is 24.1. The number of nitrogens with zero attached hydrogens (tertiary/aromatic N) is 1. The van der Waals surface area contributed by atoms with Crippen molar-refractivity contribution in [3.05, 3.63) is 94.6 Å². The van der Waals surface area contributed by atoms with Gasteiger partial charge in [0.05, 0.1) is 23.8 Å². The lowest BCUT2D eigenvalue weighted by Gasteiger charge is -2.25. The number of hydrogen-bond donors (Lipinski definition) is 2. The quantitative estimate of drug-likeness (QED) is 0.230. The number of anilines is 1. The maximum atomic E-state index is 13.3. The number of hydrogen-bond acceptors (Lipinski definition) is 7. The number of phenols is 1. The largest absolute Gasteiger partial charge is 0.508 e.